The van der Waals surface area contributed by atoms with Crippen LogP contribution in [0.2, 0.25) is 0 Å². The van der Waals surface area contributed by atoms with Crippen LogP contribution in [0.25, 0.3) is 0 Å². The van der Waals surface area contributed by atoms with Gasteiger partial charge in [0, 0.05) is 23.6 Å². The fourth-order valence-electron chi connectivity index (χ4n) is 3.44. The molecule has 1 heterocycles. The van der Waals surface area contributed by atoms with Crippen LogP contribution in [0, 0.1) is 0 Å². The number of likely N-dealkylation sites (N-methyl/N-ethyl adjacent to an activating group) is 1. The van der Waals surface area contributed by atoms with Gasteiger partial charge in [0.25, 0.3) is 5.91 Å². The number of para-hydroxylation sites is 2. The van der Waals surface area contributed by atoms with Crippen LogP contribution >= 0.6 is 0 Å². The summed E-state index contributed by atoms with van der Waals surface area (Å²) in [7, 11) is 5.24. The summed E-state index contributed by atoms with van der Waals surface area (Å²) >= 11 is 0. The maximum absolute atomic E-state index is 13.2. The third kappa shape index (κ3) is 4.43. The number of carbonyl (C=O) groups excluding carboxylic acids is 1. The number of rotatable bonds is 7. The molecule has 0 saturated carbocycles. The Kier molecular flexibility index (Phi) is 6.54. The molecule has 0 spiro atoms. The molecule has 0 radical (unpaired) electrons. The number of methoxy groups -OCH3 is 2. The van der Waals surface area contributed by atoms with Gasteiger partial charge in [-0.2, -0.15) is 5.10 Å². The minimum absolute atomic E-state index is 0.0398. The summed E-state index contributed by atoms with van der Waals surface area (Å²) in [4.78, 5) is 15.2. The highest BCUT2D eigenvalue weighted by Crippen LogP contribution is 2.38. The van der Waals surface area contributed by atoms with Gasteiger partial charge in [0.1, 0.15) is 11.5 Å². The molecular formula is C23H29N3O3. The molecule has 0 fully saturated rings. The predicted octanol–water partition coefficient (Wildman–Crippen LogP) is 3.72. The van der Waals surface area contributed by atoms with E-state index < -0.39 is 0 Å². The summed E-state index contributed by atoms with van der Waals surface area (Å²) in [5.74, 6) is 1.46. The average Bonchev–Trinajstić information content (AvgIpc) is 3.18. The van der Waals surface area contributed by atoms with Gasteiger partial charge < -0.3 is 9.47 Å². The van der Waals surface area contributed by atoms with Crippen molar-refractivity contribution in [3.05, 3.63) is 59.7 Å². The van der Waals surface area contributed by atoms with Crippen molar-refractivity contribution in [2.24, 2.45) is 5.10 Å². The molecule has 1 atom stereocenters. The van der Waals surface area contributed by atoms with Gasteiger partial charge in [-0.05, 0) is 39.1 Å². The molecular weight excluding hydrogens is 366 g/mol. The van der Waals surface area contributed by atoms with Crippen LogP contribution in [0.15, 0.2) is 53.6 Å². The molecule has 6 heteroatoms. The topological polar surface area (TPSA) is 54.4 Å². The van der Waals surface area contributed by atoms with E-state index in [-0.39, 0.29) is 18.0 Å². The van der Waals surface area contributed by atoms with Gasteiger partial charge in [-0.3, -0.25) is 9.69 Å². The molecule has 29 heavy (non-hydrogen) atoms. The highest BCUT2D eigenvalue weighted by molar-refractivity contribution is 6.05. The van der Waals surface area contributed by atoms with Gasteiger partial charge in [0.05, 0.1) is 32.5 Å². The zero-order valence-electron chi connectivity index (χ0n) is 17.8. The van der Waals surface area contributed by atoms with E-state index in [1.807, 2.05) is 60.5 Å². The number of carbonyl (C=O) groups is 1. The number of hydrazone groups is 1. The van der Waals surface area contributed by atoms with Gasteiger partial charge in [0.2, 0.25) is 0 Å². The molecule has 2 aromatic rings. The third-order valence-corrected chi connectivity index (χ3v) is 5.35. The Hall–Kier alpha value is -2.86. The maximum Gasteiger partial charge on any atom is 0.257 e. The molecule has 154 valence electrons. The molecule has 0 aromatic heterocycles. The summed E-state index contributed by atoms with van der Waals surface area (Å²) in [6, 6.07) is 15.6. The van der Waals surface area contributed by atoms with Crippen molar-refractivity contribution < 1.29 is 14.3 Å². The minimum Gasteiger partial charge on any atom is -0.496 e. The van der Waals surface area contributed by atoms with Crippen molar-refractivity contribution in [3.8, 4) is 11.5 Å². The number of ether oxygens (including phenoxy) is 2. The standard InChI is InChI=1S/C23H29N3O3/c1-16(2)25(3)15-23(27)26-20(18-11-7-9-13-22(18)29-5)14-19(24-26)17-10-6-8-12-21(17)28-4/h6-13,16,20H,14-15H2,1-5H3. The second kappa shape index (κ2) is 9.09. The first-order valence-electron chi connectivity index (χ1n) is 9.82. The summed E-state index contributed by atoms with van der Waals surface area (Å²) in [5.41, 5.74) is 2.69. The second-order valence-electron chi connectivity index (χ2n) is 7.46. The van der Waals surface area contributed by atoms with Gasteiger partial charge >= 0.3 is 0 Å². The SMILES string of the molecule is COc1ccccc1C1=NN(C(=O)CN(C)C(C)C)C(c2ccccc2OC)C1. The molecule has 6 nitrogen and oxygen atoms in total. The van der Waals surface area contributed by atoms with E-state index in [1.165, 1.54) is 0 Å². The molecule has 0 saturated heterocycles. The summed E-state index contributed by atoms with van der Waals surface area (Å²) in [6.07, 6.45) is 0.595. The van der Waals surface area contributed by atoms with Crippen LogP contribution in [-0.2, 0) is 4.79 Å². The van der Waals surface area contributed by atoms with Crippen LogP contribution in [0.1, 0.15) is 37.4 Å². The first-order valence-corrected chi connectivity index (χ1v) is 9.82. The number of hydrogen-bond acceptors (Lipinski definition) is 5. The number of hydrogen-bond donors (Lipinski definition) is 0. The lowest BCUT2D eigenvalue weighted by molar-refractivity contribution is -0.134. The second-order valence-corrected chi connectivity index (χ2v) is 7.46. The van der Waals surface area contributed by atoms with Gasteiger partial charge in [-0.25, -0.2) is 5.01 Å². The first kappa shape index (κ1) is 20.9. The normalized spacial score (nSPS) is 16.3. The molecule has 1 unspecified atom stereocenters. The summed E-state index contributed by atoms with van der Waals surface area (Å²) < 4.78 is 11.1. The van der Waals surface area contributed by atoms with Gasteiger partial charge in [0.15, 0.2) is 0 Å². The number of amides is 1. The Labute approximate surface area is 172 Å². The molecule has 0 N–H and O–H groups in total. The van der Waals surface area contributed by atoms with Gasteiger partial charge in [-0.1, -0.05) is 30.3 Å². The lowest BCUT2D eigenvalue weighted by Crippen LogP contribution is -2.39. The lowest BCUT2D eigenvalue weighted by atomic mass is 9.97. The van der Waals surface area contributed by atoms with Crippen LogP contribution in [-0.4, -0.2) is 55.4 Å². The Bertz CT molecular complexity index is 894. The summed E-state index contributed by atoms with van der Waals surface area (Å²) in [6.45, 7) is 4.43. The van der Waals surface area contributed by atoms with E-state index in [4.69, 9.17) is 14.6 Å². The Morgan fingerprint density at radius 2 is 1.72 bits per heavy atom. The van der Waals surface area contributed by atoms with E-state index in [1.54, 1.807) is 19.2 Å². The zero-order valence-corrected chi connectivity index (χ0v) is 17.8. The van der Waals surface area contributed by atoms with Crippen LogP contribution in [0.3, 0.4) is 0 Å². The largest absolute Gasteiger partial charge is 0.496 e. The van der Waals surface area contributed by atoms with Crippen molar-refractivity contribution in [2.45, 2.75) is 32.4 Å². The quantitative estimate of drug-likeness (QED) is 0.717. The number of benzene rings is 2. The molecule has 2 aromatic carbocycles. The monoisotopic (exact) mass is 395 g/mol. The van der Waals surface area contributed by atoms with Crippen molar-refractivity contribution in [3.63, 3.8) is 0 Å². The molecule has 1 amide bonds. The molecule has 0 aliphatic carbocycles. The summed E-state index contributed by atoms with van der Waals surface area (Å²) in [5, 5.41) is 6.36. The average molecular weight is 396 g/mol. The Morgan fingerprint density at radius 1 is 1.10 bits per heavy atom. The van der Waals surface area contributed by atoms with Crippen molar-refractivity contribution >= 4 is 11.6 Å². The molecule has 1 aliphatic rings. The Balaban J connectivity index is 2.00. The van der Waals surface area contributed by atoms with E-state index in [0.29, 0.717) is 13.0 Å². The van der Waals surface area contributed by atoms with Crippen molar-refractivity contribution in [2.75, 3.05) is 27.8 Å². The first-order chi connectivity index (χ1) is 14.0. The third-order valence-electron chi connectivity index (χ3n) is 5.35. The fourth-order valence-corrected chi connectivity index (χ4v) is 3.44. The fraction of sp³-hybridized carbons (Fsp3) is 0.391. The predicted molar refractivity (Wildman–Crippen MR) is 114 cm³/mol. The van der Waals surface area contributed by atoms with Gasteiger partial charge in [-0.15, -0.1) is 0 Å². The smallest absolute Gasteiger partial charge is 0.257 e. The van der Waals surface area contributed by atoms with Crippen LogP contribution < -0.4 is 9.47 Å². The molecule has 3 rings (SSSR count). The number of nitrogens with zero attached hydrogens (tertiary/aromatic N) is 3. The van der Waals surface area contributed by atoms with Crippen molar-refractivity contribution in [1.82, 2.24) is 9.91 Å². The van der Waals surface area contributed by atoms with E-state index >= 15 is 0 Å². The maximum atomic E-state index is 13.2. The highest BCUT2D eigenvalue weighted by Gasteiger charge is 2.35. The van der Waals surface area contributed by atoms with E-state index in [9.17, 15) is 4.79 Å². The van der Waals surface area contributed by atoms with E-state index in [2.05, 4.69) is 13.8 Å². The lowest BCUT2D eigenvalue weighted by Gasteiger charge is -2.27. The zero-order chi connectivity index (χ0) is 21.0. The van der Waals surface area contributed by atoms with E-state index in [0.717, 1.165) is 28.3 Å². The highest BCUT2D eigenvalue weighted by atomic mass is 16.5. The molecule has 1 aliphatic heterocycles. The van der Waals surface area contributed by atoms with Crippen molar-refractivity contribution in [1.29, 1.82) is 0 Å². The van der Waals surface area contributed by atoms with Crippen LogP contribution in [0.5, 0.6) is 11.5 Å². The van der Waals surface area contributed by atoms with Crippen LogP contribution in [0.4, 0.5) is 0 Å². The minimum atomic E-state index is -0.223. The Morgan fingerprint density at radius 3 is 2.38 bits per heavy atom. The molecule has 0 bridgehead atoms.